The zero-order chi connectivity index (χ0) is 32.6. The third kappa shape index (κ3) is 5.99. The molecule has 0 saturated heterocycles. The van der Waals surface area contributed by atoms with E-state index in [1.165, 1.54) is 29.7 Å². The maximum Gasteiger partial charge on any atom is 0.229 e. The summed E-state index contributed by atoms with van der Waals surface area (Å²) in [6.45, 7) is 1.86. The van der Waals surface area contributed by atoms with Gasteiger partial charge in [-0.1, -0.05) is 52.8 Å². The molecule has 6 fully saturated rings. The first-order valence-corrected chi connectivity index (χ1v) is 18.8. The highest BCUT2D eigenvalue weighted by Gasteiger charge is 2.52. The molecule has 0 bridgehead atoms. The van der Waals surface area contributed by atoms with E-state index in [1.54, 1.807) is 0 Å². The van der Waals surface area contributed by atoms with E-state index >= 15 is 0 Å². The summed E-state index contributed by atoms with van der Waals surface area (Å²) in [7, 11) is 0. The molecule has 0 unspecified atom stereocenters. The minimum absolute atomic E-state index is 0.0395. The van der Waals surface area contributed by atoms with E-state index in [1.807, 2.05) is 0 Å². The molecule has 5 N–H and O–H groups in total. The van der Waals surface area contributed by atoms with Crippen molar-refractivity contribution in [1.29, 1.82) is 0 Å². The first-order chi connectivity index (χ1) is 24.0. The van der Waals surface area contributed by atoms with E-state index in [2.05, 4.69) is 80.9 Å². The molecule has 6 aliphatic rings. The summed E-state index contributed by atoms with van der Waals surface area (Å²) < 4.78 is 11.6. The van der Waals surface area contributed by atoms with Gasteiger partial charge < -0.3 is 30.7 Å². The number of hydrogen-bond acceptors (Lipinski definition) is 10. The lowest BCUT2D eigenvalue weighted by atomic mass is 9.80. The van der Waals surface area contributed by atoms with Crippen molar-refractivity contribution in [2.75, 3.05) is 18.4 Å². The molecule has 4 aromatic rings. The Morgan fingerprint density at radius 2 is 1.29 bits per heavy atom. The van der Waals surface area contributed by atoms with Gasteiger partial charge in [0.15, 0.2) is 11.6 Å². The quantitative estimate of drug-likeness (QED) is 0.132. The largest absolute Gasteiger partial charge is 0.382 e. The fourth-order valence-corrected chi connectivity index (χ4v) is 8.70. The van der Waals surface area contributed by atoms with Gasteiger partial charge in [0.1, 0.15) is 0 Å². The molecule has 0 amide bonds. The summed E-state index contributed by atoms with van der Waals surface area (Å²) in [5, 5.41) is 20.4. The zero-order valence-electron chi connectivity index (χ0n) is 28.2. The topological polar surface area (TPSA) is 140 Å². The van der Waals surface area contributed by atoms with Gasteiger partial charge in [-0.25, -0.2) is 0 Å². The van der Waals surface area contributed by atoms with Crippen LogP contribution in [-0.2, 0) is 10.8 Å². The molecule has 2 aromatic heterocycles. The van der Waals surface area contributed by atoms with Gasteiger partial charge in [0, 0.05) is 77.4 Å². The third-order valence-corrected chi connectivity index (χ3v) is 12.7. The highest BCUT2D eigenvalue weighted by atomic mass is 16.5. The van der Waals surface area contributed by atoms with Crippen LogP contribution in [-0.4, -0.2) is 57.5 Å². The fourth-order valence-electron chi connectivity index (χ4n) is 8.70. The highest BCUT2D eigenvalue weighted by molar-refractivity contribution is 5.49. The minimum atomic E-state index is 0.0395. The van der Waals surface area contributed by atoms with E-state index in [4.69, 9.17) is 24.7 Å². The lowest BCUT2D eigenvalue weighted by molar-refractivity contribution is 0.273. The predicted octanol–water partition coefficient (Wildman–Crippen LogP) is 5.76. The number of benzene rings is 2. The molecular formula is C39H48N8O2. The Bertz CT molecular complexity index is 1790. The molecule has 10 nitrogen and oxygen atoms in total. The molecule has 6 atom stereocenters. The Hall–Kier alpha value is -3.60. The van der Waals surface area contributed by atoms with Crippen LogP contribution >= 0.6 is 0 Å². The molecule has 2 aromatic carbocycles. The number of nitrogens with zero attached hydrogens (tertiary/aromatic N) is 4. The average molecular weight is 661 g/mol. The van der Waals surface area contributed by atoms with Crippen molar-refractivity contribution in [2.45, 2.75) is 129 Å². The second-order valence-corrected chi connectivity index (χ2v) is 16.4. The normalized spacial score (nSPS) is 33.2. The van der Waals surface area contributed by atoms with Gasteiger partial charge in [-0.2, -0.15) is 9.97 Å². The Morgan fingerprint density at radius 3 is 1.90 bits per heavy atom. The van der Waals surface area contributed by atoms with Crippen LogP contribution in [0.3, 0.4) is 0 Å². The van der Waals surface area contributed by atoms with Crippen molar-refractivity contribution in [3.05, 3.63) is 89.2 Å². The standard InChI is InChI=1S/C39H48N8O2/c40-27-10-9-25(15-27)34-44-36(46-48-34)38(11-12-38)22-42-33-20-31(33)24-7-4-8-28(16-24)43-29-17-26(18-29)35-45-37(47-49-35)39(13-14-39)21-41-32-19-30(32)23-5-2-1-3-6-23/h1-8,16,25-27,29-33,41-43H,9-15,17-22,40H2/t25-,26?,27+,29?,30+,31+,32-,33-/m1/s1. The van der Waals surface area contributed by atoms with Crippen molar-refractivity contribution >= 4 is 5.69 Å². The monoisotopic (exact) mass is 660 g/mol. The van der Waals surface area contributed by atoms with Crippen LogP contribution in [0, 0.1) is 0 Å². The SMILES string of the molecule is N[C@H]1CC[C@@H](c2nc(C3(CN[C@@H]4C[C@H]4c4cccc(NC5CC(c6nc(C7(CN[C@@H]8C[C@H]8c8ccccc8)CC7)no6)C5)c4)CC3)no2)C1. The highest BCUT2D eigenvalue weighted by Crippen LogP contribution is 2.50. The fraction of sp³-hybridized carbons (Fsp3) is 0.590. The van der Waals surface area contributed by atoms with E-state index in [-0.39, 0.29) is 16.9 Å². The van der Waals surface area contributed by atoms with E-state index < -0.39 is 0 Å². The molecule has 6 aliphatic carbocycles. The molecule has 10 rings (SSSR count). The molecule has 0 spiro atoms. The summed E-state index contributed by atoms with van der Waals surface area (Å²) in [6, 6.07) is 21.6. The smallest absolute Gasteiger partial charge is 0.229 e. The molecule has 2 heterocycles. The van der Waals surface area contributed by atoms with Crippen molar-refractivity contribution < 1.29 is 9.05 Å². The number of aromatic nitrogens is 4. The lowest BCUT2D eigenvalue weighted by Crippen LogP contribution is -2.34. The van der Waals surface area contributed by atoms with Gasteiger partial charge >= 0.3 is 0 Å². The Morgan fingerprint density at radius 1 is 0.673 bits per heavy atom. The number of rotatable bonds is 14. The molecular weight excluding hydrogens is 612 g/mol. The van der Waals surface area contributed by atoms with Crippen molar-refractivity contribution in [1.82, 2.24) is 30.9 Å². The Labute approximate surface area is 287 Å². The number of nitrogens with one attached hydrogen (secondary N) is 3. The third-order valence-electron chi connectivity index (χ3n) is 12.7. The van der Waals surface area contributed by atoms with Crippen LogP contribution in [0.5, 0.6) is 0 Å². The van der Waals surface area contributed by atoms with Crippen molar-refractivity contribution in [3.8, 4) is 0 Å². The second-order valence-electron chi connectivity index (χ2n) is 16.4. The van der Waals surface area contributed by atoms with Crippen LogP contribution in [0.15, 0.2) is 63.6 Å². The number of hydrogen-bond donors (Lipinski definition) is 4. The van der Waals surface area contributed by atoms with Crippen molar-refractivity contribution in [3.63, 3.8) is 0 Å². The summed E-state index contributed by atoms with van der Waals surface area (Å²) >= 11 is 0. The molecule has 6 saturated carbocycles. The first-order valence-electron chi connectivity index (χ1n) is 18.8. The van der Waals surface area contributed by atoms with E-state index in [9.17, 15) is 0 Å². The van der Waals surface area contributed by atoms with Gasteiger partial charge in [-0.15, -0.1) is 0 Å². The minimum Gasteiger partial charge on any atom is -0.382 e. The van der Waals surface area contributed by atoms with Gasteiger partial charge in [0.25, 0.3) is 0 Å². The predicted molar refractivity (Wildman–Crippen MR) is 186 cm³/mol. The Kier molecular flexibility index (Phi) is 7.25. The maximum atomic E-state index is 6.12. The van der Waals surface area contributed by atoms with Crippen LogP contribution in [0.2, 0.25) is 0 Å². The Balaban J connectivity index is 0.684. The van der Waals surface area contributed by atoms with E-state index in [0.717, 1.165) is 94.3 Å². The van der Waals surface area contributed by atoms with Crippen LogP contribution in [0.25, 0.3) is 0 Å². The van der Waals surface area contributed by atoms with Crippen LogP contribution < -0.4 is 21.7 Å². The van der Waals surface area contributed by atoms with Crippen molar-refractivity contribution in [2.24, 2.45) is 5.73 Å². The van der Waals surface area contributed by atoms with Gasteiger partial charge in [-0.05, 0) is 93.9 Å². The summed E-state index contributed by atoms with van der Waals surface area (Å²) in [4.78, 5) is 9.80. The van der Waals surface area contributed by atoms with Crippen LogP contribution in [0.4, 0.5) is 5.69 Å². The zero-order valence-corrected chi connectivity index (χ0v) is 28.2. The lowest BCUT2D eigenvalue weighted by Gasteiger charge is -2.34. The summed E-state index contributed by atoms with van der Waals surface area (Å²) in [6.07, 6.45) is 12.0. The molecule has 256 valence electrons. The van der Waals surface area contributed by atoms with Gasteiger partial charge in [0.05, 0.1) is 0 Å². The molecule has 10 heteroatoms. The first kappa shape index (κ1) is 30.2. The van der Waals surface area contributed by atoms with Gasteiger partial charge in [0.2, 0.25) is 11.8 Å². The van der Waals surface area contributed by atoms with Gasteiger partial charge in [-0.3, -0.25) is 0 Å². The maximum absolute atomic E-state index is 6.12. The average Bonchev–Trinajstić information content (AvgIpc) is 4.05. The molecule has 49 heavy (non-hydrogen) atoms. The molecule has 0 radical (unpaired) electrons. The number of anilines is 1. The number of nitrogens with two attached hydrogens (primary N) is 1. The van der Waals surface area contributed by atoms with E-state index in [0.29, 0.717) is 41.8 Å². The summed E-state index contributed by atoms with van der Waals surface area (Å²) in [5.41, 5.74) is 10.3. The second kappa shape index (κ2) is 11.7. The van der Waals surface area contributed by atoms with Crippen LogP contribution in [0.1, 0.15) is 129 Å². The summed E-state index contributed by atoms with van der Waals surface area (Å²) in [5.74, 6) is 5.29. The molecule has 0 aliphatic heterocycles.